The van der Waals surface area contributed by atoms with Gasteiger partial charge in [0.1, 0.15) is 17.6 Å². The van der Waals surface area contributed by atoms with Crippen molar-refractivity contribution in [2.24, 2.45) is 11.8 Å². The van der Waals surface area contributed by atoms with Crippen molar-refractivity contribution in [3.05, 3.63) is 48.0 Å². The van der Waals surface area contributed by atoms with Crippen LogP contribution in [0.4, 0.5) is 5.69 Å². The number of aliphatic hydroxyl groups excluding tert-OH is 1. The summed E-state index contributed by atoms with van der Waals surface area (Å²) >= 11 is 0. The summed E-state index contributed by atoms with van der Waals surface area (Å²) in [4.78, 5) is 28.3. The Labute approximate surface area is 242 Å². The van der Waals surface area contributed by atoms with E-state index in [-0.39, 0.29) is 53.8 Å². The van der Waals surface area contributed by atoms with Crippen LogP contribution in [0.3, 0.4) is 0 Å². The molecule has 41 heavy (non-hydrogen) atoms. The van der Waals surface area contributed by atoms with E-state index in [1.54, 1.807) is 42.2 Å². The van der Waals surface area contributed by atoms with E-state index in [2.05, 4.69) is 5.32 Å². The lowest BCUT2D eigenvalue weighted by atomic mass is 9.88. The van der Waals surface area contributed by atoms with Crippen LogP contribution in [0.2, 0.25) is 0 Å². The van der Waals surface area contributed by atoms with Crippen LogP contribution in [0.15, 0.2) is 47.4 Å². The summed E-state index contributed by atoms with van der Waals surface area (Å²) in [5.74, 6) is 0.170. The molecule has 2 aromatic rings. The van der Waals surface area contributed by atoms with E-state index in [4.69, 9.17) is 9.47 Å². The van der Waals surface area contributed by atoms with Gasteiger partial charge in [0, 0.05) is 31.1 Å². The molecule has 0 unspecified atom stereocenters. The van der Waals surface area contributed by atoms with Gasteiger partial charge in [-0.2, -0.15) is 4.31 Å². The third kappa shape index (κ3) is 7.02. The number of anilines is 1. The summed E-state index contributed by atoms with van der Waals surface area (Å²) in [6, 6.07) is 10.7. The molecule has 1 saturated carbocycles. The zero-order valence-electron chi connectivity index (χ0n) is 24.2. The average Bonchev–Trinajstić information content (AvgIpc) is 2.99. The van der Waals surface area contributed by atoms with Crippen LogP contribution in [0, 0.1) is 11.8 Å². The van der Waals surface area contributed by atoms with Gasteiger partial charge < -0.3 is 24.8 Å². The maximum Gasteiger partial charge on any atom is 0.258 e. The number of aliphatic hydroxyl groups is 1. The molecule has 10 nitrogen and oxygen atoms in total. The van der Waals surface area contributed by atoms with Crippen LogP contribution in [-0.2, 0) is 14.8 Å². The van der Waals surface area contributed by atoms with Crippen molar-refractivity contribution in [2.45, 2.75) is 63.0 Å². The molecule has 1 aliphatic carbocycles. The van der Waals surface area contributed by atoms with E-state index < -0.39 is 22.2 Å². The zero-order valence-corrected chi connectivity index (χ0v) is 25.0. The molecule has 1 aliphatic heterocycles. The third-order valence-corrected chi connectivity index (χ3v) is 9.95. The predicted octanol–water partition coefficient (Wildman–Crippen LogP) is 3.75. The number of nitrogens with zero attached hydrogens (tertiary/aromatic N) is 2. The van der Waals surface area contributed by atoms with Crippen molar-refractivity contribution in [3.63, 3.8) is 0 Å². The first-order valence-corrected chi connectivity index (χ1v) is 15.6. The van der Waals surface area contributed by atoms with E-state index in [1.807, 2.05) is 6.92 Å². The van der Waals surface area contributed by atoms with Crippen molar-refractivity contribution in [1.82, 2.24) is 9.21 Å². The molecule has 2 N–H and O–H groups in total. The van der Waals surface area contributed by atoms with Crippen LogP contribution < -0.4 is 14.8 Å². The number of hydrogen-bond donors (Lipinski definition) is 2. The summed E-state index contributed by atoms with van der Waals surface area (Å²) in [6.45, 7) is 3.71. The van der Waals surface area contributed by atoms with E-state index >= 15 is 0 Å². The highest BCUT2D eigenvalue weighted by Gasteiger charge is 2.35. The van der Waals surface area contributed by atoms with Gasteiger partial charge in [-0.15, -0.1) is 0 Å². The number of hydrogen-bond acceptors (Lipinski definition) is 7. The summed E-state index contributed by atoms with van der Waals surface area (Å²) < 4.78 is 39.4. The fourth-order valence-electron chi connectivity index (χ4n) is 5.41. The fraction of sp³-hybridized carbons (Fsp3) is 0.533. The SMILES string of the molecule is COc1ccc(S(=O)(=O)N(C)C[C@H]2Oc3ccc(NC(=O)C4CCCCC4)cc3C(=O)N([C@@H](C)CO)C[C@@H]2C)cc1. The van der Waals surface area contributed by atoms with Crippen LogP contribution in [0.25, 0.3) is 0 Å². The summed E-state index contributed by atoms with van der Waals surface area (Å²) in [7, 11) is -0.819. The Morgan fingerprint density at radius 2 is 1.85 bits per heavy atom. The Hall–Kier alpha value is -3.15. The highest BCUT2D eigenvalue weighted by molar-refractivity contribution is 7.89. The highest BCUT2D eigenvalue weighted by Crippen LogP contribution is 2.32. The minimum absolute atomic E-state index is 0.0324. The van der Waals surface area contributed by atoms with Crippen LogP contribution in [-0.4, -0.2) is 80.5 Å². The van der Waals surface area contributed by atoms with Gasteiger partial charge in [-0.1, -0.05) is 26.2 Å². The van der Waals surface area contributed by atoms with Crippen LogP contribution in [0.5, 0.6) is 11.5 Å². The molecule has 3 atom stereocenters. The molecule has 2 aromatic carbocycles. The quantitative estimate of drug-likeness (QED) is 0.458. The molecule has 4 rings (SSSR count). The van der Waals surface area contributed by atoms with Crippen LogP contribution in [0.1, 0.15) is 56.3 Å². The van der Waals surface area contributed by atoms with E-state index in [9.17, 15) is 23.1 Å². The summed E-state index contributed by atoms with van der Waals surface area (Å²) in [6.07, 6.45) is 4.32. The predicted molar refractivity (Wildman–Crippen MR) is 156 cm³/mol. The molecule has 0 radical (unpaired) electrons. The lowest BCUT2D eigenvalue weighted by Gasteiger charge is -2.38. The number of benzene rings is 2. The van der Waals surface area contributed by atoms with Crippen molar-refractivity contribution < 1.29 is 32.6 Å². The number of rotatable bonds is 9. The van der Waals surface area contributed by atoms with E-state index in [0.29, 0.717) is 17.2 Å². The summed E-state index contributed by atoms with van der Waals surface area (Å²) in [5, 5.41) is 12.9. The number of sulfonamides is 1. The molecule has 11 heteroatoms. The zero-order chi connectivity index (χ0) is 29.7. The van der Waals surface area contributed by atoms with Gasteiger partial charge >= 0.3 is 0 Å². The maximum absolute atomic E-state index is 13.7. The monoisotopic (exact) mass is 587 g/mol. The molecule has 0 spiro atoms. The largest absolute Gasteiger partial charge is 0.497 e. The number of carbonyl (C=O) groups is 2. The topological polar surface area (TPSA) is 125 Å². The lowest BCUT2D eigenvalue weighted by molar-refractivity contribution is -0.120. The minimum atomic E-state index is -3.83. The van der Waals surface area contributed by atoms with E-state index in [0.717, 1.165) is 32.1 Å². The molecule has 224 valence electrons. The lowest BCUT2D eigenvalue weighted by Crippen LogP contribution is -2.50. The number of carbonyl (C=O) groups excluding carboxylic acids is 2. The second-order valence-electron chi connectivity index (χ2n) is 11.1. The molecule has 0 saturated heterocycles. The summed E-state index contributed by atoms with van der Waals surface area (Å²) in [5.41, 5.74) is 0.751. The standard InChI is InChI=1S/C30H41N3O7S/c1-20-17-33(21(2)19-34)30(36)26-16-23(31-29(35)22-8-6-5-7-9-22)10-15-27(26)40-28(20)18-32(3)41(37,38)25-13-11-24(39-4)12-14-25/h10-16,20-22,28,34H,5-9,17-19H2,1-4H3,(H,31,35)/t20-,21-,28+/m0/s1. The molecular formula is C30H41N3O7S. The van der Waals surface area contributed by atoms with Gasteiger partial charge in [0.25, 0.3) is 5.91 Å². The van der Waals surface area contributed by atoms with Gasteiger partial charge in [-0.25, -0.2) is 8.42 Å². The molecule has 2 aliphatic rings. The highest BCUT2D eigenvalue weighted by atomic mass is 32.2. The second-order valence-corrected chi connectivity index (χ2v) is 13.2. The molecule has 0 bridgehead atoms. The Morgan fingerprint density at radius 3 is 2.49 bits per heavy atom. The average molecular weight is 588 g/mol. The molecule has 1 fully saturated rings. The molecule has 0 aromatic heterocycles. The Kier molecular flexibility index (Phi) is 9.93. The normalized spacial score (nSPS) is 20.9. The number of ether oxygens (including phenoxy) is 2. The second kappa shape index (κ2) is 13.2. The van der Waals surface area contributed by atoms with Gasteiger partial charge in [0.2, 0.25) is 15.9 Å². The minimum Gasteiger partial charge on any atom is -0.497 e. The van der Waals surface area contributed by atoms with Gasteiger partial charge in [0.05, 0.1) is 36.8 Å². The van der Waals surface area contributed by atoms with Crippen molar-refractivity contribution in [1.29, 1.82) is 0 Å². The first-order valence-electron chi connectivity index (χ1n) is 14.2. The Balaban J connectivity index is 1.61. The number of amides is 2. The maximum atomic E-state index is 13.7. The van der Waals surface area contributed by atoms with Crippen molar-refractivity contribution in [2.75, 3.05) is 39.2 Å². The van der Waals surface area contributed by atoms with Gasteiger partial charge in [0.15, 0.2) is 0 Å². The van der Waals surface area contributed by atoms with Crippen molar-refractivity contribution in [3.8, 4) is 11.5 Å². The van der Waals surface area contributed by atoms with E-state index in [1.165, 1.54) is 30.6 Å². The third-order valence-electron chi connectivity index (χ3n) is 8.11. The molecular weight excluding hydrogens is 546 g/mol. The van der Waals surface area contributed by atoms with Crippen LogP contribution >= 0.6 is 0 Å². The molecule has 2 amide bonds. The van der Waals surface area contributed by atoms with Crippen molar-refractivity contribution >= 4 is 27.5 Å². The number of nitrogens with one attached hydrogen (secondary N) is 1. The smallest absolute Gasteiger partial charge is 0.258 e. The Bertz CT molecular complexity index is 1330. The first-order chi connectivity index (χ1) is 19.5. The van der Waals surface area contributed by atoms with Gasteiger partial charge in [-0.3, -0.25) is 9.59 Å². The first kappa shape index (κ1) is 30.8. The Morgan fingerprint density at radius 1 is 1.17 bits per heavy atom. The number of fused-ring (bicyclic) bond motifs is 1. The number of methoxy groups -OCH3 is 1. The van der Waals surface area contributed by atoms with Gasteiger partial charge in [-0.05, 0) is 62.2 Å². The fourth-order valence-corrected chi connectivity index (χ4v) is 6.59. The number of likely N-dealkylation sites (N-methyl/N-ethyl adjacent to an activating group) is 1. The molecule has 1 heterocycles.